The molecule has 0 radical (unpaired) electrons. The monoisotopic (exact) mass is 300 g/mol. The van der Waals surface area contributed by atoms with Gasteiger partial charge in [-0.25, -0.2) is 0 Å². The molecule has 0 bridgehead atoms. The van der Waals surface area contributed by atoms with Crippen molar-refractivity contribution in [3.63, 3.8) is 0 Å². The largest absolute Gasteiger partial charge is 0.462 e. The highest BCUT2D eigenvalue weighted by atomic mass is 16.7. The fraction of sp³-hybridized carbons (Fsp3) is 0.600. The second kappa shape index (κ2) is 9.31. The van der Waals surface area contributed by atoms with E-state index >= 15 is 0 Å². The second-order valence-corrected chi connectivity index (χ2v) is 4.79. The summed E-state index contributed by atoms with van der Waals surface area (Å²) in [7, 11) is 0. The van der Waals surface area contributed by atoms with E-state index in [-0.39, 0.29) is 12.7 Å². The molecule has 0 aliphatic carbocycles. The Kier molecular flexibility index (Phi) is 8.57. The van der Waals surface area contributed by atoms with Crippen LogP contribution in [0.2, 0.25) is 0 Å². The van der Waals surface area contributed by atoms with Crippen LogP contribution < -0.4 is 0 Å². The molecule has 0 aromatic carbocycles. The Morgan fingerprint density at radius 1 is 1.33 bits per heavy atom. The second-order valence-electron chi connectivity index (χ2n) is 4.79. The quantitative estimate of drug-likeness (QED) is 0.571. The highest BCUT2D eigenvalue weighted by Gasteiger charge is 2.30. The lowest BCUT2D eigenvalue weighted by atomic mass is 10.4. The van der Waals surface area contributed by atoms with E-state index < -0.39 is 23.8 Å². The molecule has 6 heteroatoms. The molecule has 0 aromatic heterocycles. The minimum absolute atomic E-state index is 0.0262. The zero-order valence-electron chi connectivity index (χ0n) is 13.1. The molecular weight excluding hydrogens is 276 g/mol. The number of ether oxygens (including phenoxy) is 4. The normalized spacial score (nSPS) is 20.5. The summed E-state index contributed by atoms with van der Waals surface area (Å²) in [5.74, 6) is -1.24. The molecule has 6 nitrogen and oxygen atoms in total. The predicted molar refractivity (Wildman–Crippen MR) is 77.5 cm³/mol. The molecule has 0 N–H and O–H groups in total. The molecule has 0 aromatic rings. The lowest BCUT2D eigenvalue weighted by molar-refractivity contribution is -0.153. The van der Waals surface area contributed by atoms with E-state index in [1.165, 1.54) is 19.9 Å². The Bertz CT molecular complexity index is 374. The van der Waals surface area contributed by atoms with Gasteiger partial charge in [0.1, 0.15) is 12.7 Å². The van der Waals surface area contributed by atoms with Gasteiger partial charge in [-0.15, -0.1) is 6.58 Å². The average molecular weight is 300 g/mol. The van der Waals surface area contributed by atoms with Crippen molar-refractivity contribution in [3.8, 4) is 0 Å². The SMILES string of the molecule is C=CC(COC(C)=O)OC(C)=O.C=CC1COC(C)(C)O1. The summed E-state index contributed by atoms with van der Waals surface area (Å²) in [5, 5.41) is 0. The first kappa shape index (κ1) is 19.3. The van der Waals surface area contributed by atoms with Crippen LogP contribution in [0, 0.1) is 0 Å². The van der Waals surface area contributed by atoms with Gasteiger partial charge in [0.2, 0.25) is 0 Å². The number of carbonyl (C=O) groups is 2. The smallest absolute Gasteiger partial charge is 0.303 e. The fourth-order valence-electron chi connectivity index (χ4n) is 1.39. The topological polar surface area (TPSA) is 71.1 Å². The van der Waals surface area contributed by atoms with Gasteiger partial charge in [-0.05, 0) is 19.9 Å². The van der Waals surface area contributed by atoms with E-state index in [2.05, 4.69) is 17.9 Å². The molecule has 1 rings (SSSR count). The molecule has 1 fully saturated rings. The van der Waals surface area contributed by atoms with Crippen molar-refractivity contribution in [1.29, 1.82) is 0 Å². The van der Waals surface area contributed by atoms with Crippen molar-refractivity contribution in [1.82, 2.24) is 0 Å². The zero-order valence-corrected chi connectivity index (χ0v) is 13.1. The van der Waals surface area contributed by atoms with Crippen LogP contribution in [0.4, 0.5) is 0 Å². The summed E-state index contributed by atoms with van der Waals surface area (Å²) in [6.07, 6.45) is 2.70. The molecule has 21 heavy (non-hydrogen) atoms. The third-order valence-electron chi connectivity index (χ3n) is 2.32. The van der Waals surface area contributed by atoms with Crippen molar-refractivity contribution in [2.75, 3.05) is 13.2 Å². The van der Waals surface area contributed by atoms with Gasteiger partial charge in [0.05, 0.1) is 6.61 Å². The minimum Gasteiger partial charge on any atom is -0.462 e. The third kappa shape index (κ3) is 9.81. The Hall–Kier alpha value is -1.66. The average Bonchev–Trinajstić information content (AvgIpc) is 2.74. The van der Waals surface area contributed by atoms with Crippen LogP contribution in [-0.2, 0) is 28.5 Å². The van der Waals surface area contributed by atoms with Crippen LogP contribution in [0.1, 0.15) is 27.7 Å². The van der Waals surface area contributed by atoms with E-state index in [1.807, 2.05) is 13.8 Å². The summed E-state index contributed by atoms with van der Waals surface area (Å²) in [6, 6.07) is 0. The van der Waals surface area contributed by atoms with Crippen molar-refractivity contribution in [2.24, 2.45) is 0 Å². The molecule has 1 aliphatic heterocycles. The van der Waals surface area contributed by atoms with E-state index in [9.17, 15) is 9.59 Å². The number of carbonyl (C=O) groups excluding carboxylic acids is 2. The molecule has 1 heterocycles. The Labute approximate surface area is 125 Å². The first-order valence-corrected chi connectivity index (χ1v) is 6.57. The van der Waals surface area contributed by atoms with Crippen LogP contribution in [0.5, 0.6) is 0 Å². The molecule has 2 unspecified atom stereocenters. The Morgan fingerprint density at radius 3 is 2.24 bits per heavy atom. The standard InChI is InChI=1S/C8H12O4.C7H12O2/c1-4-8(12-7(3)10)5-11-6(2)9;1-4-6-5-8-7(2,3)9-6/h4,8H,1,5H2,2-3H3;4,6H,1,5H2,2-3H3. The van der Waals surface area contributed by atoms with Crippen molar-refractivity contribution >= 4 is 11.9 Å². The third-order valence-corrected chi connectivity index (χ3v) is 2.32. The first-order chi connectivity index (χ1) is 9.70. The van der Waals surface area contributed by atoms with Gasteiger partial charge < -0.3 is 18.9 Å². The van der Waals surface area contributed by atoms with E-state index in [0.29, 0.717) is 6.61 Å². The summed E-state index contributed by atoms with van der Waals surface area (Å²) in [4.78, 5) is 20.8. The van der Waals surface area contributed by atoms with Crippen LogP contribution >= 0.6 is 0 Å². The van der Waals surface area contributed by atoms with E-state index in [0.717, 1.165) is 0 Å². The zero-order chi connectivity index (χ0) is 16.5. The molecule has 2 atom stereocenters. The van der Waals surface area contributed by atoms with Gasteiger partial charge in [-0.1, -0.05) is 12.7 Å². The molecule has 1 saturated heterocycles. The van der Waals surface area contributed by atoms with Crippen LogP contribution in [0.3, 0.4) is 0 Å². The lowest BCUT2D eigenvalue weighted by Gasteiger charge is -2.15. The summed E-state index contributed by atoms with van der Waals surface area (Å²) in [6.45, 7) is 14.1. The highest BCUT2D eigenvalue weighted by Crippen LogP contribution is 2.22. The summed E-state index contributed by atoms with van der Waals surface area (Å²) >= 11 is 0. The lowest BCUT2D eigenvalue weighted by Crippen LogP contribution is -2.21. The molecule has 1 aliphatic rings. The maximum absolute atomic E-state index is 10.4. The molecular formula is C15H24O6. The number of hydrogen-bond donors (Lipinski definition) is 0. The number of esters is 2. The predicted octanol–water partition coefficient (Wildman–Crippen LogP) is 1.99. The Morgan fingerprint density at radius 2 is 1.95 bits per heavy atom. The van der Waals surface area contributed by atoms with Crippen molar-refractivity contribution in [2.45, 2.75) is 45.7 Å². The minimum atomic E-state index is -0.550. The highest BCUT2D eigenvalue weighted by molar-refractivity contribution is 5.67. The van der Waals surface area contributed by atoms with Gasteiger partial charge in [0.25, 0.3) is 0 Å². The van der Waals surface area contributed by atoms with Crippen LogP contribution in [-0.4, -0.2) is 43.1 Å². The molecule has 0 spiro atoms. The number of rotatable bonds is 5. The van der Waals surface area contributed by atoms with Gasteiger partial charge >= 0.3 is 11.9 Å². The van der Waals surface area contributed by atoms with Crippen molar-refractivity contribution in [3.05, 3.63) is 25.3 Å². The summed E-state index contributed by atoms with van der Waals surface area (Å²) < 4.78 is 19.9. The van der Waals surface area contributed by atoms with Crippen LogP contribution in [0.25, 0.3) is 0 Å². The fourth-order valence-corrected chi connectivity index (χ4v) is 1.39. The maximum Gasteiger partial charge on any atom is 0.303 e. The Balaban J connectivity index is 0.000000394. The molecule has 0 saturated carbocycles. The van der Waals surface area contributed by atoms with Gasteiger partial charge in [-0.3, -0.25) is 9.59 Å². The maximum atomic E-state index is 10.4. The van der Waals surface area contributed by atoms with Crippen molar-refractivity contribution < 1.29 is 28.5 Å². The first-order valence-electron chi connectivity index (χ1n) is 6.57. The van der Waals surface area contributed by atoms with Gasteiger partial charge in [0, 0.05) is 13.8 Å². The molecule has 120 valence electrons. The van der Waals surface area contributed by atoms with E-state index in [4.69, 9.17) is 14.2 Å². The number of hydrogen-bond acceptors (Lipinski definition) is 6. The summed E-state index contributed by atoms with van der Waals surface area (Å²) in [5.41, 5.74) is 0. The van der Waals surface area contributed by atoms with Gasteiger partial charge in [-0.2, -0.15) is 0 Å². The molecule has 0 amide bonds. The van der Waals surface area contributed by atoms with Crippen LogP contribution in [0.15, 0.2) is 25.3 Å². The van der Waals surface area contributed by atoms with E-state index in [1.54, 1.807) is 6.08 Å². The van der Waals surface area contributed by atoms with Gasteiger partial charge in [0.15, 0.2) is 11.9 Å².